The molecule has 278 valence electrons. The molecule has 0 radical (unpaired) electrons. The molecule has 2 nitrogen and oxygen atoms in total. The Kier molecular flexibility index (Phi) is 14.4. The highest BCUT2D eigenvalue weighted by Gasteiger charge is 2.32. The third-order valence-corrected chi connectivity index (χ3v) is 11.0. The van der Waals surface area contributed by atoms with Crippen LogP contribution in [-0.2, 0) is 0 Å². The summed E-state index contributed by atoms with van der Waals surface area (Å²) in [5.41, 5.74) is 10.7. The minimum absolute atomic E-state index is 0.485. The van der Waals surface area contributed by atoms with Crippen LogP contribution in [0, 0.1) is 0 Å². The molecule has 0 amide bonds. The summed E-state index contributed by atoms with van der Waals surface area (Å²) >= 11 is 0. The van der Waals surface area contributed by atoms with Crippen molar-refractivity contribution in [2.24, 2.45) is 0 Å². The molecule has 8 rings (SSSR count). The van der Waals surface area contributed by atoms with Crippen molar-refractivity contribution in [1.29, 1.82) is 0 Å². The Bertz CT molecular complexity index is 1750. The summed E-state index contributed by atoms with van der Waals surface area (Å²) in [5.74, 6) is 0. The number of benzene rings is 8. The summed E-state index contributed by atoms with van der Waals surface area (Å²) in [6, 6.07) is 87.1. The Morgan fingerprint density at radius 2 is 0.339 bits per heavy atom. The maximum Gasteiger partial charge on any atom is 0.143 e. The number of rotatable bonds is 11. The second-order valence-corrected chi connectivity index (χ2v) is 14.2. The highest BCUT2D eigenvalue weighted by Crippen LogP contribution is 2.11. The lowest BCUT2D eigenvalue weighted by Gasteiger charge is -2.44. The Hall–Kier alpha value is -6.19. The van der Waals surface area contributed by atoms with Crippen molar-refractivity contribution in [2.75, 3.05) is 13.2 Å². The van der Waals surface area contributed by atoms with Crippen molar-refractivity contribution in [2.45, 2.75) is 12.8 Å². The summed E-state index contributed by atoms with van der Waals surface area (Å²) in [7, 11) is 0. The molecule has 0 aliphatic carbocycles. The molecule has 0 saturated heterocycles. The van der Waals surface area contributed by atoms with Crippen LogP contribution in [0.4, 0.5) is 0 Å². The summed E-state index contributed by atoms with van der Waals surface area (Å²) < 4.78 is 0. The van der Waals surface area contributed by atoms with E-state index >= 15 is 0 Å². The van der Waals surface area contributed by atoms with Crippen molar-refractivity contribution >= 4 is 56.0 Å². The molecule has 4 N–H and O–H groups in total. The van der Waals surface area contributed by atoms with Crippen LogP contribution in [0.15, 0.2) is 243 Å². The molecular formula is C52H52B2O2. The summed E-state index contributed by atoms with van der Waals surface area (Å²) in [6.07, 6.45) is -0.646. The molecule has 8 aromatic rings. The van der Waals surface area contributed by atoms with Gasteiger partial charge < -0.3 is 10.2 Å². The fourth-order valence-corrected chi connectivity index (χ4v) is 8.49. The normalized spacial score (nSPS) is 11.0. The number of hydrogen-bond acceptors (Lipinski definition) is 0. The molecule has 4 heteroatoms. The van der Waals surface area contributed by atoms with Gasteiger partial charge in [0.1, 0.15) is 25.5 Å². The van der Waals surface area contributed by atoms with Gasteiger partial charge in [0.25, 0.3) is 0 Å². The van der Waals surface area contributed by atoms with Gasteiger partial charge in [-0.1, -0.05) is 243 Å². The van der Waals surface area contributed by atoms with Crippen LogP contribution in [0.1, 0.15) is 12.8 Å². The lowest BCUT2D eigenvalue weighted by atomic mass is 9.13. The first kappa shape index (κ1) is 39.5. The van der Waals surface area contributed by atoms with Gasteiger partial charge in [0.05, 0.1) is 0 Å². The third kappa shape index (κ3) is 8.85. The van der Waals surface area contributed by atoms with E-state index in [1.165, 1.54) is 43.7 Å². The summed E-state index contributed by atoms with van der Waals surface area (Å²) in [5, 5.41) is 13.2. The van der Waals surface area contributed by atoms with Crippen molar-refractivity contribution in [1.82, 2.24) is 0 Å². The minimum Gasteiger partial charge on any atom is -0.445 e. The van der Waals surface area contributed by atoms with Gasteiger partial charge >= 0.3 is 0 Å². The van der Waals surface area contributed by atoms with Crippen LogP contribution in [0.3, 0.4) is 0 Å². The Morgan fingerprint density at radius 1 is 0.214 bits per heavy atom. The molecular weight excluding hydrogens is 678 g/mol. The van der Waals surface area contributed by atoms with Crippen molar-refractivity contribution < 1.29 is 10.2 Å². The SMILES string of the molecule is [OH2+]CCCC[OH2+].c1ccc([B-](c2ccccc2)(c2ccccc2)c2ccccc2)cc1.c1ccc([B-](c2ccccc2)(c2ccccc2)c2ccccc2)cc1. The van der Waals surface area contributed by atoms with E-state index in [9.17, 15) is 0 Å². The second kappa shape index (κ2) is 20.5. The average Bonchev–Trinajstić information content (AvgIpc) is 3.30. The largest absolute Gasteiger partial charge is 0.445 e. The first-order chi connectivity index (χ1) is 27.8. The maximum absolute atomic E-state index is 6.62. The van der Waals surface area contributed by atoms with E-state index in [1.54, 1.807) is 0 Å². The van der Waals surface area contributed by atoms with E-state index < -0.39 is 12.3 Å². The maximum atomic E-state index is 6.62. The molecule has 0 spiro atoms. The zero-order chi connectivity index (χ0) is 38.7. The van der Waals surface area contributed by atoms with E-state index in [4.69, 9.17) is 10.2 Å². The Labute approximate surface area is 333 Å². The fourth-order valence-electron chi connectivity index (χ4n) is 8.49. The molecule has 0 unspecified atom stereocenters. The first-order valence-electron chi connectivity index (χ1n) is 19.8. The van der Waals surface area contributed by atoms with Gasteiger partial charge in [-0.15, -0.1) is 0 Å². The van der Waals surface area contributed by atoms with E-state index in [0.717, 1.165) is 12.8 Å². The average molecular weight is 731 g/mol. The molecule has 0 atom stereocenters. The van der Waals surface area contributed by atoms with Crippen LogP contribution in [0.5, 0.6) is 0 Å². The van der Waals surface area contributed by atoms with Gasteiger partial charge in [-0.25, -0.2) is 0 Å². The van der Waals surface area contributed by atoms with Crippen molar-refractivity contribution in [3.63, 3.8) is 0 Å². The fraction of sp³-hybridized carbons (Fsp3) is 0.0769. The van der Waals surface area contributed by atoms with Gasteiger partial charge in [-0.2, -0.15) is 43.7 Å². The number of unbranched alkanes of at least 4 members (excludes halogenated alkanes) is 1. The molecule has 8 aromatic carbocycles. The van der Waals surface area contributed by atoms with Gasteiger partial charge in [-0.05, 0) is 0 Å². The second-order valence-electron chi connectivity index (χ2n) is 14.2. The van der Waals surface area contributed by atoms with Crippen LogP contribution in [-0.4, -0.2) is 35.7 Å². The predicted octanol–water partition coefficient (Wildman–Crippen LogP) is 5.34. The zero-order valence-corrected chi connectivity index (χ0v) is 32.1. The smallest absolute Gasteiger partial charge is 0.143 e. The molecule has 0 fully saturated rings. The van der Waals surface area contributed by atoms with Crippen LogP contribution < -0.4 is 43.7 Å². The highest BCUT2D eigenvalue weighted by atomic mass is 16.3. The van der Waals surface area contributed by atoms with E-state index in [-0.39, 0.29) is 0 Å². The lowest BCUT2D eigenvalue weighted by molar-refractivity contribution is 0.242. The van der Waals surface area contributed by atoms with Gasteiger partial charge in [0.2, 0.25) is 0 Å². The summed E-state index contributed by atoms with van der Waals surface area (Å²) in [4.78, 5) is 0. The first-order valence-corrected chi connectivity index (χ1v) is 19.8. The van der Waals surface area contributed by atoms with E-state index in [0.29, 0.717) is 13.2 Å². The molecule has 0 aliphatic heterocycles. The van der Waals surface area contributed by atoms with Crippen LogP contribution >= 0.6 is 0 Å². The van der Waals surface area contributed by atoms with Crippen LogP contribution in [0.2, 0.25) is 0 Å². The van der Waals surface area contributed by atoms with Gasteiger partial charge in [0, 0.05) is 12.8 Å². The van der Waals surface area contributed by atoms with Crippen molar-refractivity contribution in [3.05, 3.63) is 243 Å². The Morgan fingerprint density at radius 3 is 0.446 bits per heavy atom. The predicted molar refractivity (Wildman–Crippen MR) is 246 cm³/mol. The zero-order valence-electron chi connectivity index (χ0n) is 32.1. The molecule has 0 saturated carbocycles. The van der Waals surface area contributed by atoms with Gasteiger partial charge in [0.15, 0.2) is 0 Å². The standard InChI is InChI=1S/2C24H20B.C4H10O2/c2*1-5-13-21(14-6-1)25(22-15-7-2-8-16-22,23-17-9-3-10-18-23)24-19-11-4-12-20-24;5-3-1-2-4-6/h2*1-20H;5-6H,1-4H2/q2*-1;/p+2. The topological polar surface area (TPSA) is 45.8 Å². The van der Waals surface area contributed by atoms with E-state index in [2.05, 4.69) is 243 Å². The third-order valence-electron chi connectivity index (χ3n) is 11.0. The van der Waals surface area contributed by atoms with Crippen molar-refractivity contribution in [3.8, 4) is 0 Å². The molecule has 0 aliphatic rings. The molecule has 0 bridgehead atoms. The highest BCUT2D eigenvalue weighted by molar-refractivity contribution is 7.20. The van der Waals surface area contributed by atoms with E-state index in [1.807, 2.05) is 0 Å². The molecule has 56 heavy (non-hydrogen) atoms. The van der Waals surface area contributed by atoms with Gasteiger partial charge in [-0.3, -0.25) is 0 Å². The minimum atomic E-state index is -1.22. The lowest BCUT2D eigenvalue weighted by Crippen LogP contribution is -2.74. The number of hydrogen-bond donors (Lipinski definition) is 0. The monoisotopic (exact) mass is 730 g/mol. The molecule has 0 aromatic heterocycles. The molecule has 0 heterocycles. The summed E-state index contributed by atoms with van der Waals surface area (Å²) in [6.45, 7) is 0.970. The van der Waals surface area contributed by atoms with Crippen LogP contribution in [0.25, 0.3) is 0 Å². The quantitative estimate of drug-likeness (QED) is 0.0981. The Balaban J connectivity index is 0.000000166.